The van der Waals surface area contributed by atoms with Gasteiger partial charge < -0.3 is 15.0 Å². The van der Waals surface area contributed by atoms with Crippen molar-refractivity contribution in [1.82, 2.24) is 0 Å². The molecule has 1 amide bonds. The molecule has 3 rings (SSSR count). The summed E-state index contributed by atoms with van der Waals surface area (Å²) in [6.07, 6.45) is 3.40. The second-order valence-corrected chi connectivity index (χ2v) is 7.87. The lowest BCUT2D eigenvalue weighted by atomic mass is 9.70. The van der Waals surface area contributed by atoms with Gasteiger partial charge in [0.1, 0.15) is 12.4 Å². The van der Waals surface area contributed by atoms with Gasteiger partial charge >= 0.3 is 0 Å². The Bertz CT molecular complexity index is 599. The molecule has 1 fully saturated rings. The van der Waals surface area contributed by atoms with Crippen LogP contribution in [0.5, 0.6) is 5.75 Å². The first-order valence-electron chi connectivity index (χ1n) is 9.24. The fourth-order valence-electron chi connectivity index (χ4n) is 4.17. The van der Waals surface area contributed by atoms with Crippen LogP contribution in [0, 0.1) is 23.7 Å². The largest absolute Gasteiger partial charge is 0.489 e. The number of amides is 1. The lowest BCUT2D eigenvalue weighted by molar-refractivity contribution is -0.123. The first-order chi connectivity index (χ1) is 11.5. The predicted molar refractivity (Wildman–Crippen MR) is 98.7 cm³/mol. The topological polar surface area (TPSA) is 41.6 Å². The molecule has 0 unspecified atom stereocenters. The molecule has 1 aliphatic carbocycles. The van der Waals surface area contributed by atoms with E-state index in [2.05, 4.69) is 38.0 Å². The highest BCUT2D eigenvalue weighted by Gasteiger charge is 2.35. The van der Waals surface area contributed by atoms with Gasteiger partial charge in [-0.1, -0.05) is 27.2 Å². The number of anilines is 2. The number of likely N-dealkylation sites (N-methyl/N-ethyl adjacent to an activating group) is 1. The zero-order valence-electron chi connectivity index (χ0n) is 15.3. The summed E-state index contributed by atoms with van der Waals surface area (Å²) in [5.74, 6) is 2.82. The molecule has 0 bridgehead atoms. The third kappa shape index (κ3) is 3.52. The highest BCUT2D eigenvalue weighted by Crippen LogP contribution is 2.39. The van der Waals surface area contributed by atoms with Crippen molar-refractivity contribution >= 4 is 17.3 Å². The smallest absolute Gasteiger partial charge is 0.227 e. The van der Waals surface area contributed by atoms with Gasteiger partial charge in [0.15, 0.2) is 0 Å². The highest BCUT2D eigenvalue weighted by molar-refractivity contribution is 5.93. The van der Waals surface area contributed by atoms with Crippen LogP contribution in [0.2, 0.25) is 0 Å². The molecule has 1 heterocycles. The van der Waals surface area contributed by atoms with E-state index in [0.29, 0.717) is 24.4 Å². The van der Waals surface area contributed by atoms with Crippen molar-refractivity contribution in [2.24, 2.45) is 23.7 Å². The number of nitrogens with zero attached hydrogens (tertiary/aromatic N) is 1. The molecule has 24 heavy (non-hydrogen) atoms. The molecular weight excluding hydrogens is 300 g/mol. The number of carbonyl (C=O) groups is 1. The zero-order chi connectivity index (χ0) is 17.3. The van der Waals surface area contributed by atoms with Crippen LogP contribution in [0.3, 0.4) is 0 Å². The van der Waals surface area contributed by atoms with Gasteiger partial charge in [0.05, 0.1) is 12.2 Å². The Balaban J connectivity index is 1.74. The Morgan fingerprint density at radius 2 is 2.12 bits per heavy atom. The van der Waals surface area contributed by atoms with E-state index in [9.17, 15) is 4.79 Å². The summed E-state index contributed by atoms with van der Waals surface area (Å²) in [4.78, 5) is 15.1. The SMILES string of the molecule is CC(C)[C@@H]1CC[C@@H](C)C[C@H]1C(=O)Nc1ccc2c(c1)OCCN2C. The van der Waals surface area contributed by atoms with Crippen molar-refractivity contribution in [3.05, 3.63) is 18.2 Å². The third-order valence-corrected chi connectivity index (χ3v) is 5.68. The van der Waals surface area contributed by atoms with Crippen molar-refractivity contribution in [3.63, 3.8) is 0 Å². The Kier molecular flexibility index (Phi) is 5.02. The van der Waals surface area contributed by atoms with Crippen LogP contribution in [0.4, 0.5) is 11.4 Å². The number of hydrogen-bond acceptors (Lipinski definition) is 3. The maximum atomic E-state index is 12.9. The maximum absolute atomic E-state index is 12.9. The van der Waals surface area contributed by atoms with E-state index in [1.54, 1.807) is 0 Å². The molecule has 1 saturated carbocycles. The summed E-state index contributed by atoms with van der Waals surface area (Å²) in [6.45, 7) is 8.33. The Hall–Kier alpha value is -1.71. The first kappa shape index (κ1) is 17.1. The van der Waals surface area contributed by atoms with E-state index in [1.807, 2.05) is 18.2 Å². The summed E-state index contributed by atoms with van der Waals surface area (Å²) in [5, 5.41) is 3.14. The van der Waals surface area contributed by atoms with Crippen LogP contribution in [-0.4, -0.2) is 26.1 Å². The van der Waals surface area contributed by atoms with Crippen molar-refractivity contribution in [1.29, 1.82) is 0 Å². The quantitative estimate of drug-likeness (QED) is 0.905. The van der Waals surface area contributed by atoms with Gasteiger partial charge in [-0.3, -0.25) is 4.79 Å². The summed E-state index contributed by atoms with van der Waals surface area (Å²) >= 11 is 0. The highest BCUT2D eigenvalue weighted by atomic mass is 16.5. The van der Waals surface area contributed by atoms with Gasteiger partial charge in [-0.2, -0.15) is 0 Å². The van der Waals surface area contributed by atoms with Crippen molar-refractivity contribution < 1.29 is 9.53 Å². The maximum Gasteiger partial charge on any atom is 0.227 e. The standard InChI is InChI=1S/C20H30N2O2/c1-13(2)16-7-5-14(3)11-17(16)20(23)21-15-6-8-18-19(12-15)24-10-9-22(18)4/h6,8,12-14,16-17H,5,7,9-11H2,1-4H3,(H,21,23)/t14-,16+,17-/m1/s1. The van der Waals surface area contributed by atoms with E-state index >= 15 is 0 Å². The molecule has 132 valence electrons. The van der Waals surface area contributed by atoms with Gasteiger partial charge in [0.2, 0.25) is 5.91 Å². The number of fused-ring (bicyclic) bond motifs is 1. The number of hydrogen-bond donors (Lipinski definition) is 1. The number of rotatable bonds is 3. The van der Waals surface area contributed by atoms with Crippen LogP contribution in [0.25, 0.3) is 0 Å². The molecule has 0 aromatic heterocycles. The molecule has 1 aromatic carbocycles. The molecular formula is C20H30N2O2. The molecule has 1 aliphatic heterocycles. The summed E-state index contributed by atoms with van der Waals surface area (Å²) in [6, 6.07) is 5.98. The van der Waals surface area contributed by atoms with E-state index in [4.69, 9.17) is 4.74 Å². The van der Waals surface area contributed by atoms with Crippen LogP contribution in [-0.2, 0) is 4.79 Å². The summed E-state index contributed by atoms with van der Waals surface area (Å²) in [5.41, 5.74) is 1.93. The Morgan fingerprint density at radius 1 is 1.33 bits per heavy atom. The number of benzene rings is 1. The van der Waals surface area contributed by atoms with Crippen molar-refractivity contribution in [2.45, 2.75) is 40.0 Å². The monoisotopic (exact) mass is 330 g/mol. The molecule has 3 atom stereocenters. The number of carbonyl (C=O) groups excluding carboxylic acids is 1. The molecule has 2 aliphatic rings. The van der Waals surface area contributed by atoms with Gasteiger partial charge in [0, 0.05) is 24.7 Å². The molecule has 1 N–H and O–H groups in total. The third-order valence-electron chi connectivity index (χ3n) is 5.68. The minimum Gasteiger partial charge on any atom is -0.489 e. The van der Waals surface area contributed by atoms with Gasteiger partial charge in [-0.15, -0.1) is 0 Å². The fourth-order valence-corrected chi connectivity index (χ4v) is 4.17. The van der Waals surface area contributed by atoms with Gasteiger partial charge in [-0.05, 0) is 42.7 Å². The van der Waals surface area contributed by atoms with E-state index < -0.39 is 0 Å². The molecule has 4 heteroatoms. The first-order valence-corrected chi connectivity index (χ1v) is 9.24. The Labute approximate surface area is 145 Å². The van der Waals surface area contributed by atoms with Crippen LogP contribution in [0.1, 0.15) is 40.0 Å². The van der Waals surface area contributed by atoms with Crippen LogP contribution < -0.4 is 15.0 Å². The average Bonchev–Trinajstić information content (AvgIpc) is 2.54. The van der Waals surface area contributed by atoms with Crippen LogP contribution in [0.15, 0.2) is 18.2 Å². The second-order valence-electron chi connectivity index (χ2n) is 7.87. The fraction of sp³-hybridized carbons (Fsp3) is 0.650. The molecule has 0 saturated heterocycles. The molecule has 0 spiro atoms. The Morgan fingerprint density at radius 3 is 2.88 bits per heavy atom. The normalized spacial score (nSPS) is 26.7. The predicted octanol–water partition coefficient (Wildman–Crippen LogP) is 4.16. The summed E-state index contributed by atoms with van der Waals surface area (Å²) in [7, 11) is 2.07. The molecule has 0 radical (unpaired) electrons. The van der Waals surface area contributed by atoms with E-state index in [1.165, 1.54) is 6.42 Å². The molecule has 1 aromatic rings. The zero-order valence-corrected chi connectivity index (χ0v) is 15.3. The number of ether oxygens (including phenoxy) is 1. The molecule has 4 nitrogen and oxygen atoms in total. The van der Waals surface area contributed by atoms with Crippen LogP contribution >= 0.6 is 0 Å². The second kappa shape index (κ2) is 7.04. The van der Waals surface area contributed by atoms with Gasteiger partial charge in [-0.25, -0.2) is 0 Å². The minimum atomic E-state index is 0.119. The van der Waals surface area contributed by atoms with Gasteiger partial charge in [0.25, 0.3) is 0 Å². The average molecular weight is 330 g/mol. The summed E-state index contributed by atoms with van der Waals surface area (Å²) < 4.78 is 5.75. The van der Waals surface area contributed by atoms with Crippen molar-refractivity contribution in [3.8, 4) is 5.75 Å². The lowest BCUT2D eigenvalue weighted by Crippen LogP contribution is -2.36. The van der Waals surface area contributed by atoms with E-state index in [-0.39, 0.29) is 11.8 Å². The number of nitrogens with one attached hydrogen (secondary N) is 1. The minimum absolute atomic E-state index is 0.119. The lowest BCUT2D eigenvalue weighted by Gasteiger charge is -2.36. The van der Waals surface area contributed by atoms with E-state index in [0.717, 1.165) is 36.5 Å². The van der Waals surface area contributed by atoms with Crippen molar-refractivity contribution in [2.75, 3.05) is 30.4 Å².